The van der Waals surface area contributed by atoms with E-state index in [-0.39, 0.29) is 32.2 Å². The maximum Gasteiger partial charge on any atom is 0.306 e. The highest BCUT2D eigenvalue weighted by Gasteiger charge is 2.22. The smallest absolute Gasteiger partial charge is 0.306 e. The third-order valence-corrected chi connectivity index (χ3v) is 16.2. The molecule has 0 spiro atoms. The summed E-state index contributed by atoms with van der Waals surface area (Å²) >= 11 is 0. The van der Waals surface area contributed by atoms with Crippen molar-refractivity contribution in [3.8, 4) is 0 Å². The van der Waals surface area contributed by atoms with E-state index < -0.39 is 24.3 Å². The predicted octanol–water partition coefficient (Wildman–Crippen LogP) is 21.5. The van der Waals surface area contributed by atoms with Gasteiger partial charge in [-0.3, -0.25) is 9.59 Å². The molecule has 0 saturated carbocycles. The second-order valence-electron chi connectivity index (χ2n) is 25.9. The van der Waals surface area contributed by atoms with Crippen LogP contribution in [-0.4, -0.2) is 82.3 Å². The summed E-state index contributed by atoms with van der Waals surface area (Å²) in [6, 6.07) is 0. The van der Waals surface area contributed by atoms with Gasteiger partial charge in [0.05, 0.1) is 40.3 Å². The van der Waals surface area contributed by atoms with E-state index in [1.54, 1.807) is 0 Å². The lowest BCUT2D eigenvalue weighted by Crippen LogP contribution is -2.44. The number of hydrogen-bond donors (Lipinski definition) is 0. The van der Waals surface area contributed by atoms with Gasteiger partial charge in [-0.15, -0.1) is 0 Å². The van der Waals surface area contributed by atoms with Gasteiger partial charge < -0.3 is 33.3 Å². The lowest BCUT2D eigenvalue weighted by Gasteiger charge is -2.26. The number of carboxylic acids is 1. The molecule has 0 radical (unpaired) electrons. The van der Waals surface area contributed by atoms with Gasteiger partial charge in [-0.05, 0) is 64.2 Å². The average molecular weight is 1210 g/mol. The van der Waals surface area contributed by atoms with Gasteiger partial charge in [0.2, 0.25) is 0 Å². The van der Waals surface area contributed by atoms with Crippen LogP contribution in [0.25, 0.3) is 0 Å². The summed E-state index contributed by atoms with van der Waals surface area (Å²) in [6.45, 7) is 4.69. The summed E-state index contributed by atoms with van der Waals surface area (Å²) in [5.41, 5.74) is 0. The van der Waals surface area contributed by atoms with Crippen LogP contribution >= 0.6 is 0 Å². The van der Waals surface area contributed by atoms with E-state index in [9.17, 15) is 19.5 Å². The standard InChI is InChI=1S/C77H139NO8/c1-6-8-10-12-14-16-18-20-22-24-26-28-30-31-32-33-34-35-36-37-38-39-40-41-42-43-44-45-46-48-50-52-54-56-58-60-62-64-66-68-75(80)86-73(72-85-77(76(81)82)83-70-69-78(3,4)5)71-84-74(79)67-65-63-61-59-57-55-53-51-49-47-29-27-25-23-21-19-17-15-13-11-9-7-2/h8,10,14,16,20,22,26,28,31-32,34-35,73,77H,6-7,9,11-13,15,17-19,21,23-25,27,29-30,33,36-72H2,1-5H3/b10-8-,16-14-,22-20-,28-26-,32-31-,35-34-. The Morgan fingerprint density at radius 3 is 0.988 bits per heavy atom. The Morgan fingerprint density at radius 2 is 0.663 bits per heavy atom. The number of rotatable bonds is 68. The van der Waals surface area contributed by atoms with Crippen LogP contribution in [0.15, 0.2) is 72.9 Å². The molecular formula is C77H139NO8. The molecule has 0 aromatic carbocycles. The van der Waals surface area contributed by atoms with E-state index in [1.165, 1.54) is 238 Å². The molecule has 9 nitrogen and oxygen atoms in total. The van der Waals surface area contributed by atoms with Gasteiger partial charge in [0, 0.05) is 12.8 Å². The number of likely N-dealkylation sites (N-methyl/N-ethyl adjacent to an activating group) is 1. The number of carboxylic acid groups (broad SMARTS) is 1. The van der Waals surface area contributed by atoms with Crippen molar-refractivity contribution in [3.63, 3.8) is 0 Å². The zero-order valence-electron chi connectivity index (χ0n) is 57.2. The molecule has 0 aliphatic carbocycles. The Labute approximate surface area is 532 Å². The van der Waals surface area contributed by atoms with E-state index >= 15 is 0 Å². The normalized spacial score (nSPS) is 13.1. The van der Waals surface area contributed by atoms with Crippen LogP contribution in [0.5, 0.6) is 0 Å². The second-order valence-corrected chi connectivity index (χ2v) is 25.9. The minimum absolute atomic E-state index is 0.150. The highest BCUT2D eigenvalue weighted by molar-refractivity contribution is 5.70. The molecule has 0 rings (SSSR count). The summed E-state index contributed by atoms with van der Waals surface area (Å²) < 4.78 is 22.8. The molecule has 9 heteroatoms. The van der Waals surface area contributed by atoms with Crippen molar-refractivity contribution < 1.29 is 42.9 Å². The Kier molecular flexibility index (Phi) is 65.1. The first kappa shape index (κ1) is 82.7. The van der Waals surface area contributed by atoms with Crippen LogP contribution in [-0.2, 0) is 33.3 Å². The average Bonchev–Trinajstić information content (AvgIpc) is 3.63. The van der Waals surface area contributed by atoms with E-state index in [4.69, 9.17) is 18.9 Å². The maximum absolute atomic E-state index is 12.9. The summed E-state index contributed by atoms with van der Waals surface area (Å²) in [5, 5.41) is 11.8. The van der Waals surface area contributed by atoms with E-state index in [0.29, 0.717) is 23.9 Å². The van der Waals surface area contributed by atoms with Gasteiger partial charge >= 0.3 is 11.9 Å². The van der Waals surface area contributed by atoms with Crippen LogP contribution in [0, 0.1) is 0 Å². The number of nitrogens with zero attached hydrogens (tertiary/aromatic N) is 1. The summed E-state index contributed by atoms with van der Waals surface area (Å²) in [6.07, 6.45) is 87.1. The number of ether oxygens (including phenoxy) is 4. The zero-order chi connectivity index (χ0) is 62.6. The monoisotopic (exact) mass is 1210 g/mol. The van der Waals surface area contributed by atoms with Crippen molar-refractivity contribution in [2.24, 2.45) is 0 Å². The van der Waals surface area contributed by atoms with Crippen LogP contribution in [0.3, 0.4) is 0 Å². The lowest BCUT2D eigenvalue weighted by molar-refractivity contribution is -0.870. The number of hydrogen-bond acceptors (Lipinski definition) is 8. The molecule has 86 heavy (non-hydrogen) atoms. The molecule has 0 saturated heterocycles. The molecule has 0 aromatic rings. The molecule has 0 aromatic heterocycles. The maximum atomic E-state index is 12.9. The largest absolute Gasteiger partial charge is 0.545 e. The number of aliphatic carboxylic acids is 1. The molecule has 0 bridgehead atoms. The fourth-order valence-electron chi connectivity index (χ4n) is 10.7. The first-order valence-electron chi connectivity index (χ1n) is 36.6. The van der Waals surface area contributed by atoms with Gasteiger partial charge in [0.15, 0.2) is 12.4 Å². The van der Waals surface area contributed by atoms with Crippen molar-refractivity contribution in [1.29, 1.82) is 0 Å². The predicted molar refractivity (Wildman–Crippen MR) is 366 cm³/mol. The molecular weight excluding hydrogens is 1070 g/mol. The van der Waals surface area contributed by atoms with Crippen LogP contribution in [0.4, 0.5) is 0 Å². The second kappa shape index (κ2) is 67.7. The topological polar surface area (TPSA) is 111 Å². The molecule has 2 atom stereocenters. The van der Waals surface area contributed by atoms with Crippen molar-refractivity contribution in [2.75, 3.05) is 47.5 Å². The van der Waals surface area contributed by atoms with Crippen LogP contribution in [0.2, 0.25) is 0 Å². The van der Waals surface area contributed by atoms with E-state index in [1.807, 2.05) is 21.1 Å². The number of carbonyl (C=O) groups excluding carboxylic acids is 3. The van der Waals surface area contributed by atoms with E-state index in [0.717, 1.165) is 70.6 Å². The summed E-state index contributed by atoms with van der Waals surface area (Å²) in [4.78, 5) is 37.5. The zero-order valence-corrected chi connectivity index (χ0v) is 57.2. The number of esters is 2. The Bertz CT molecular complexity index is 1640. The van der Waals surface area contributed by atoms with Gasteiger partial charge in [0.1, 0.15) is 13.2 Å². The number of carbonyl (C=O) groups is 3. The minimum atomic E-state index is -1.62. The molecule has 0 aliphatic heterocycles. The van der Waals surface area contributed by atoms with Crippen molar-refractivity contribution in [2.45, 2.75) is 354 Å². The van der Waals surface area contributed by atoms with Crippen molar-refractivity contribution in [1.82, 2.24) is 0 Å². The first-order chi connectivity index (χ1) is 42.1. The molecule has 0 amide bonds. The fourth-order valence-corrected chi connectivity index (χ4v) is 10.7. The molecule has 0 aliphatic rings. The van der Waals surface area contributed by atoms with Crippen molar-refractivity contribution in [3.05, 3.63) is 72.9 Å². The lowest BCUT2D eigenvalue weighted by atomic mass is 10.0. The highest BCUT2D eigenvalue weighted by atomic mass is 16.7. The highest BCUT2D eigenvalue weighted by Crippen LogP contribution is 2.19. The molecule has 0 N–H and O–H groups in total. The van der Waals surface area contributed by atoms with Crippen LogP contribution < -0.4 is 5.11 Å². The third-order valence-electron chi connectivity index (χ3n) is 16.2. The quantitative estimate of drug-likeness (QED) is 0.0195. The van der Waals surface area contributed by atoms with E-state index in [2.05, 4.69) is 86.8 Å². The van der Waals surface area contributed by atoms with Gasteiger partial charge in [-0.1, -0.05) is 337 Å². The Hall–Kier alpha value is -3.27. The number of allylic oxidation sites excluding steroid dienone is 12. The molecule has 2 unspecified atom stereocenters. The molecule has 500 valence electrons. The number of quaternary nitrogens is 1. The summed E-state index contributed by atoms with van der Waals surface area (Å²) in [5.74, 6) is -2.26. The SMILES string of the molecule is CC/C=C\C/C=C\C/C=C\C/C=C\C/C=C\C/C=C\CCCCCCCCCCCCCCCCCCCCCCC(=O)OC(COC(=O)CCCCCCCCCCCCCCCCCCCCCCCC)COC(OCC[N+](C)(C)C)C(=O)[O-]. The van der Waals surface area contributed by atoms with Gasteiger partial charge in [-0.25, -0.2) is 0 Å². The fraction of sp³-hybridized carbons (Fsp3) is 0.805. The number of unbranched alkanes of at least 4 members (excludes halogenated alkanes) is 41. The first-order valence-corrected chi connectivity index (χ1v) is 36.6. The molecule has 0 fully saturated rings. The minimum Gasteiger partial charge on any atom is -0.545 e. The third kappa shape index (κ3) is 68.2. The van der Waals surface area contributed by atoms with Crippen LogP contribution in [0.1, 0.15) is 341 Å². The van der Waals surface area contributed by atoms with Gasteiger partial charge in [0.25, 0.3) is 0 Å². The summed E-state index contributed by atoms with van der Waals surface area (Å²) in [7, 11) is 5.94. The molecule has 0 heterocycles. The Morgan fingerprint density at radius 1 is 0.360 bits per heavy atom. The Balaban J connectivity index is 4.01. The van der Waals surface area contributed by atoms with Crippen molar-refractivity contribution >= 4 is 17.9 Å². The van der Waals surface area contributed by atoms with Gasteiger partial charge in [-0.2, -0.15) is 0 Å².